The van der Waals surface area contributed by atoms with E-state index in [2.05, 4.69) is 21.0 Å². The van der Waals surface area contributed by atoms with Gasteiger partial charge in [0.2, 0.25) is 0 Å². The summed E-state index contributed by atoms with van der Waals surface area (Å²) in [5, 5.41) is 15.3. The maximum absolute atomic E-state index is 13.3. The Bertz CT molecular complexity index is 1440. The lowest BCUT2D eigenvalue weighted by Crippen LogP contribution is -2.29. The first-order valence-electron chi connectivity index (χ1n) is 10.2. The van der Waals surface area contributed by atoms with E-state index in [0.29, 0.717) is 16.7 Å². The molecule has 0 aliphatic rings. The molecule has 4 aromatic rings. The average Bonchev–Trinajstić information content (AvgIpc) is 3.10. The second-order valence-electron chi connectivity index (χ2n) is 8.73. The van der Waals surface area contributed by atoms with Crippen molar-refractivity contribution < 1.29 is 9.90 Å². The van der Waals surface area contributed by atoms with Gasteiger partial charge in [0, 0.05) is 32.6 Å². The van der Waals surface area contributed by atoms with Gasteiger partial charge in [-0.05, 0) is 31.2 Å². The van der Waals surface area contributed by atoms with Crippen LogP contribution >= 0.6 is 15.9 Å². The molecule has 0 fully saturated rings. The van der Waals surface area contributed by atoms with E-state index in [1.165, 1.54) is 4.68 Å². The molecule has 2 aromatic carbocycles. The number of carbonyl (C=O) groups is 1. The molecule has 4 rings (SSSR count). The zero-order valence-corrected chi connectivity index (χ0v) is 19.8. The summed E-state index contributed by atoms with van der Waals surface area (Å²) in [4.78, 5) is 29.6. The summed E-state index contributed by atoms with van der Waals surface area (Å²) < 4.78 is 3.82. The molecule has 32 heavy (non-hydrogen) atoms. The predicted octanol–water partition coefficient (Wildman–Crippen LogP) is 4.94. The normalized spacial score (nSPS) is 13.3. The van der Waals surface area contributed by atoms with Crippen LogP contribution < -0.4 is 5.56 Å². The van der Waals surface area contributed by atoms with Crippen LogP contribution in [0.1, 0.15) is 45.1 Å². The van der Waals surface area contributed by atoms with Crippen molar-refractivity contribution in [2.75, 3.05) is 0 Å². The monoisotopic (exact) mass is 494 g/mol. The number of aliphatic carboxylic acids is 1. The average molecular weight is 495 g/mol. The molecule has 0 amide bonds. The van der Waals surface area contributed by atoms with Gasteiger partial charge in [0.25, 0.3) is 5.56 Å². The molecule has 2 aromatic heterocycles. The van der Waals surface area contributed by atoms with Crippen LogP contribution in [0.15, 0.2) is 63.0 Å². The minimum Gasteiger partial charge on any atom is -0.480 e. The van der Waals surface area contributed by atoms with Crippen molar-refractivity contribution in [3.8, 4) is 0 Å². The van der Waals surface area contributed by atoms with Crippen LogP contribution in [0.3, 0.4) is 0 Å². The second-order valence-corrected chi connectivity index (χ2v) is 9.65. The van der Waals surface area contributed by atoms with Crippen molar-refractivity contribution >= 4 is 49.9 Å². The molecule has 0 unspecified atom stereocenters. The molecule has 0 bridgehead atoms. The van der Waals surface area contributed by atoms with E-state index in [4.69, 9.17) is 4.98 Å². The molecule has 0 saturated heterocycles. The van der Waals surface area contributed by atoms with E-state index >= 15 is 0 Å². The highest BCUT2D eigenvalue weighted by Gasteiger charge is 2.23. The van der Waals surface area contributed by atoms with Crippen LogP contribution in [0.2, 0.25) is 0 Å². The van der Waals surface area contributed by atoms with Gasteiger partial charge in [-0.15, -0.1) is 0 Å². The van der Waals surface area contributed by atoms with Crippen molar-refractivity contribution in [1.82, 2.24) is 14.2 Å². The fourth-order valence-electron chi connectivity index (χ4n) is 3.64. The standard InChI is InChI=1S/C24H23BrN4O3/c1-14(22(31)32)28-13-15(17-7-5-6-8-20(17)28)12-26-29-21(30)18-11-16(25)9-10-19(18)27-23(29)24(2,3)4/h5-14H,1-4H3,(H,31,32)/t14-/m1/s1. The summed E-state index contributed by atoms with van der Waals surface area (Å²) in [6, 6.07) is 12.2. The topological polar surface area (TPSA) is 89.5 Å². The van der Waals surface area contributed by atoms with Crippen molar-refractivity contribution in [2.45, 2.75) is 39.2 Å². The second kappa shape index (κ2) is 8.02. The third-order valence-electron chi connectivity index (χ3n) is 5.34. The molecular weight excluding hydrogens is 472 g/mol. The number of benzene rings is 2. The molecular formula is C24H23BrN4O3. The van der Waals surface area contributed by atoms with E-state index in [-0.39, 0.29) is 5.56 Å². The Kier molecular flexibility index (Phi) is 5.50. The van der Waals surface area contributed by atoms with E-state index < -0.39 is 17.4 Å². The lowest BCUT2D eigenvalue weighted by Gasteiger charge is -2.20. The van der Waals surface area contributed by atoms with Gasteiger partial charge in [-0.25, -0.2) is 9.78 Å². The maximum Gasteiger partial charge on any atom is 0.326 e. The number of para-hydroxylation sites is 1. The predicted molar refractivity (Wildman–Crippen MR) is 130 cm³/mol. The fraction of sp³-hybridized carbons (Fsp3) is 0.250. The number of carboxylic acids is 1. The zero-order valence-electron chi connectivity index (χ0n) is 18.2. The highest BCUT2D eigenvalue weighted by atomic mass is 79.9. The minimum absolute atomic E-state index is 0.264. The molecule has 7 nitrogen and oxygen atoms in total. The van der Waals surface area contributed by atoms with Gasteiger partial charge in [-0.1, -0.05) is 54.9 Å². The smallest absolute Gasteiger partial charge is 0.326 e. The Morgan fingerprint density at radius 2 is 1.91 bits per heavy atom. The number of nitrogens with zero attached hydrogens (tertiary/aromatic N) is 4. The van der Waals surface area contributed by atoms with Crippen LogP contribution in [-0.4, -0.2) is 31.5 Å². The van der Waals surface area contributed by atoms with Crippen LogP contribution in [-0.2, 0) is 10.2 Å². The molecule has 2 heterocycles. The van der Waals surface area contributed by atoms with Gasteiger partial charge in [0.05, 0.1) is 17.1 Å². The molecule has 1 N–H and O–H groups in total. The van der Waals surface area contributed by atoms with Crippen LogP contribution in [0.25, 0.3) is 21.8 Å². The molecule has 0 aliphatic carbocycles. The van der Waals surface area contributed by atoms with Gasteiger partial charge in [0.15, 0.2) is 0 Å². The number of halogens is 1. The highest BCUT2D eigenvalue weighted by molar-refractivity contribution is 9.10. The molecule has 0 radical (unpaired) electrons. The molecule has 1 atom stereocenters. The summed E-state index contributed by atoms with van der Waals surface area (Å²) in [5.74, 6) is -0.388. The van der Waals surface area contributed by atoms with Crippen molar-refractivity contribution in [3.05, 3.63) is 74.9 Å². The SMILES string of the molecule is C[C@H](C(=O)O)n1cc(C=Nn2c(C(C)(C)C)nc3ccc(Br)cc3c2=O)c2ccccc21. The number of hydrogen-bond donors (Lipinski definition) is 1. The molecule has 0 aliphatic heterocycles. The molecule has 8 heteroatoms. The van der Waals surface area contributed by atoms with Crippen molar-refractivity contribution in [3.63, 3.8) is 0 Å². The van der Waals surface area contributed by atoms with Gasteiger partial charge < -0.3 is 9.67 Å². The lowest BCUT2D eigenvalue weighted by atomic mass is 9.95. The van der Waals surface area contributed by atoms with Crippen molar-refractivity contribution in [2.24, 2.45) is 5.10 Å². The fourth-order valence-corrected chi connectivity index (χ4v) is 4.00. The largest absolute Gasteiger partial charge is 0.480 e. The Labute approximate surface area is 193 Å². The van der Waals surface area contributed by atoms with Gasteiger partial charge in [-0.2, -0.15) is 9.78 Å². The van der Waals surface area contributed by atoms with Crippen LogP contribution in [0.4, 0.5) is 0 Å². The number of fused-ring (bicyclic) bond motifs is 2. The van der Waals surface area contributed by atoms with Crippen molar-refractivity contribution in [1.29, 1.82) is 0 Å². The quantitative estimate of drug-likeness (QED) is 0.406. The lowest BCUT2D eigenvalue weighted by molar-refractivity contribution is -0.140. The Balaban J connectivity index is 1.93. The highest BCUT2D eigenvalue weighted by Crippen LogP contribution is 2.25. The van der Waals surface area contributed by atoms with E-state index in [0.717, 1.165) is 20.9 Å². The molecule has 0 spiro atoms. The number of carboxylic acid groups (broad SMARTS) is 1. The first-order valence-corrected chi connectivity index (χ1v) is 11.0. The molecule has 0 saturated carbocycles. The summed E-state index contributed by atoms with van der Waals surface area (Å²) >= 11 is 3.41. The first kappa shape index (κ1) is 22.0. The summed E-state index contributed by atoms with van der Waals surface area (Å²) in [6.45, 7) is 7.56. The number of aromatic nitrogens is 3. The van der Waals surface area contributed by atoms with E-state index in [9.17, 15) is 14.7 Å². The van der Waals surface area contributed by atoms with E-state index in [1.54, 1.807) is 30.0 Å². The van der Waals surface area contributed by atoms with Gasteiger partial charge in [-0.3, -0.25) is 4.79 Å². The molecule has 164 valence electrons. The Hall–Kier alpha value is -3.26. The van der Waals surface area contributed by atoms with Gasteiger partial charge >= 0.3 is 5.97 Å². The Morgan fingerprint density at radius 1 is 1.19 bits per heavy atom. The third-order valence-corrected chi connectivity index (χ3v) is 5.83. The van der Waals surface area contributed by atoms with Crippen LogP contribution in [0.5, 0.6) is 0 Å². The van der Waals surface area contributed by atoms with Gasteiger partial charge in [0.1, 0.15) is 11.9 Å². The maximum atomic E-state index is 13.3. The minimum atomic E-state index is -0.926. The van der Waals surface area contributed by atoms with E-state index in [1.807, 2.05) is 57.2 Å². The Morgan fingerprint density at radius 3 is 2.59 bits per heavy atom. The summed E-state index contributed by atoms with van der Waals surface area (Å²) in [7, 11) is 0. The number of hydrogen-bond acceptors (Lipinski definition) is 4. The summed E-state index contributed by atoms with van der Waals surface area (Å²) in [5.41, 5.74) is 1.42. The van der Waals surface area contributed by atoms with Crippen LogP contribution in [0, 0.1) is 0 Å². The zero-order chi connectivity index (χ0) is 23.2. The first-order chi connectivity index (χ1) is 15.1. The number of rotatable bonds is 4. The summed E-state index contributed by atoms with van der Waals surface area (Å²) in [6.07, 6.45) is 3.34. The third kappa shape index (κ3) is 3.86.